The Hall–Kier alpha value is -1.48. The third-order valence-electron chi connectivity index (χ3n) is 3.31. The fourth-order valence-electron chi connectivity index (χ4n) is 2.06. The average molecular weight is 521 g/mol. The molecule has 0 saturated heterocycles. The Balaban J connectivity index is 0.00000312. The maximum Gasteiger partial charge on any atom is 0.309 e. The van der Waals surface area contributed by atoms with Crippen LogP contribution in [0.2, 0.25) is 0 Å². The van der Waals surface area contributed by atoms with Crippen molar-refractivity contribution in [3.05, 3.63) is 66.6 Å². The van der Waals surface area contributed by atoms with Gasteiger partial charge in [0.1, 0.15) is 11.5 Å². The molecule has 0 aliphatic rings. The van der Waals surface area contributed by atoms with Crippen molar-refractivity contribution in [3.8, 4) is 11.5 Å². The van der Waals surface area contributed by atoms with Crippen LogP contribution in [0.25, 0.3) is 0 Å². The number of halogens is 3. The first-order valence-electron chi connectivity index (χ1n) is 7.69. The summed E-state index contributed by atoms with van der Waals surface area (Å²) in [4.78, 5) is 0. The van der Waals surface area contributed by atoms with E-state index in [0.29, 0.717) is 25.2 Å². The maximum absolute atomic E-state index is 12.8. The van der Waals surface area contributed by atoms with E-state index in [2.05, 4.69) is 6.92 Å². The van der Waals surface area contributed by atoms with Crippen LogP contribution in [-0.2, 0) is 27.5 Å². The molecule has 0 atom stereocenters. The maximum atomic E-state index is 12.8. The minimum absolute atomic E-state index is 0. The van der Waals surface area contributed by atoms with Crippen molar-refractivity contribution in [3.63, 3.8) is 0 Å². The zero-order valence-electron chi connectivity index (χ0n) is 13.7. The number of rotatable bonds is 9. The van der Waals surface area contributed by atoms with E-state index in [1.165, 1.54) is 0 Å². The van der Waals surface area contributed by atoms with Crippen molar-refractivity contribution in [2.24, 2.45) is 0 Å². The van der Waals surface area contributed by atoms with Gasteiger partial charge in [0.2, 0.25) is 0 Å². The standard InChI is InChI=1S/C19H20F3O2.W/c1-2-11-23-17-7-3-15(4-8-17)12-16-5-9-18(10-6-16)24-14-19(21,22)13-20;/h3-10H,1-2,11-14H2;/q-1;. The molecule has 0 N–H and O–H groups in total. The van der Waals surface area contributed by atoms with Gasteiger partial charge in [-0.1, -0.05) is 24.3 Å². The molecule has 2 nitrogen and oxygen atoms in total. The summed E-state index contributed by atoms with van der Waals surface area (Å²) >= 11 is 0. The van der Waals surface area contributed by atoms with Crippen LogP contribution in [0.1, 0.15) is 17.5 Å². The van der Waals surface area contributed by atoms with Gasteiger partial charge < -0.3 is 16.4 Å². The van der Waals surface area contributed by atoms with Gasteiger partial charge in [-0.05, 0) is 41.8 Å². The summed E-state index contributed by atoms with van der Waals surface area (Å²) in [5.74, 6) is -2.35. The van der Waals surface area contributed by atoms with E-state index in [0.717, 1.165) is 16.9 Å². The Morgan fingerprint density at radius 3 is 1.76 bits per heavy atom. The van der Waals surface area contributed by atoms with Gasteiger partial charge in [0.05, 0.1) is 6.61 Å². The first-order chi connectivity index (χ1) is 11.5. The second-order valence-electron chi connectivity index (χ2n) is 5.44. The summed E-state index contributed by atoms with van der Waals surface area (Å²) < 4.78 is 48.0. The quantitative estimate of drug-likeness (QED) is 0.439. The van der Waals surface area contributed by atoms with E-state index >= 15 is 0 Å². The number of hydrogen-bond acceptors (Lipinski definition) is 2. The van der Waals surface area contributed by atoms with Gasteiger partial charge in [0, 0.05) is 21.1 Å². The van der Waals surface area contributed by atoms with E-state index in [-0.39, 0.29) is 21.1 Å². The van der Waals surface area contributed by atoms with Crippen LogP contribution < -0.4 is 9.47 Å². The molecule has 0 radical (unpaired) electrons. The number of hydrogen-bond donors (Lipinski definition) is 0. The molecule has 0 heterocycles. The molecule has 0 bridgehead atoms. The molecule has 6 heteroatoms. The SMILES string of the molecule is [CH2-]CCOc1ccc(Cc2ccc(OCC(F)(F)CF)cc2)cc1.[W]. The first kappa shape index (κ1) is 21.6. The third kappa shape index (κ3) is 7.51. The van der Waals surface area contributed by atoms with Gasteiger partial charge >= 0.3 is 5.92 Å². The summed E-state index contributed by atoms with van der Waals surface area (Å²) in [7, 11) is 0. The smallest absolute Gasteiger partial charge is 0.309 e. The second-order valence-corrected chi connectivity index (χ2v) is 5.44. The molecular formula is C19H20F3O2W-. The number of alkyl halides is 3. The van der Waals surface area contributed by atoms with Gasteiger partial charge in [-0.25, -0.2) is 4.39 Å². The molecule has 2 rings (SSSR count). The van der Waals surface area contributed by atoms with Gasteiger partial charge in [0.25, 0.3) is 0 Å². The van der Waals surface area contributed by atoms with Crippen molar-refractivity contribution in [2.45, 2.75) is 18.8 Å². The molecule has 25 heavy (non-hydrogen) atoms. The topological polar surface area (TPSA) is 18.5 Å². The summed E-state index contributed by atoms with van der Waals surface area (Å²) in [5, 5.41) is 0. The van der Waals surface area contributed by atoms with Crippen molar-refractivity contribution < 1.29 is 43.7 Å². The van der Waals surface area contributed by atoms with Crippen LogP contribution in [0.15, 0.2) is 48.5 Å². The Labute approximate surface area is 160 Å². The predicted octanol–water partition coefficient (Wildman–Crippen LogP) is 4.86. The Kier molecular flexibility index (Phi) is 9.05. The fraction of sp³-hybridized carbons (Fsp3) is 0.316. The van der Waals surface area contributed by atoms with Crippen molar-refractivity contribution in [1.82, 2.24) is 0 Å². The first-order valence-corrected chi connectivity index (χ1v) is 7.69. The summed E-state index contributed by atoms with van der Waals surface area (Å²) in [6.45, 7) is 1.62. The summed E-state index contributed by atoms with van der Waals surface area (Å²) in [6.07, 6.45) is 1.42. The predicted molar refractivity (Wildman–Crippen MR) is 87.6 cm³/mol. The van der Waals surface area contributed by atoms with Crippen molar-refractivity contribution in [2.75, 3.05) is 19.9 Å². The second kappa shape index (κ2) is 10.5. The zero-order chi connectivity index (χ0) is 17.4. The van der Waals surface area contributed by atoms with Crippen molar-refractivity contribution >= 4 is 0 Å². The number of benzene rings is 2. The van der Waals surface area contributed by atoms with Crippen LogP contribution in [0.3, 0.4) is 0 Å². The molecule has 2 aromatic rings. The molecule has 0 aliphatic heterocycles. The Morgan fingerprint density at radius 2 is 1.32 bits per heavy atom. The molecule has 0 fully saturated rings. The molecule has 0 aliphatic carbocycles. The van der Waals surface area contributed by atoms with E-state index in [1.807, 2.05) is 24.3 Å². The molecule has 0 amide bonds. The number of ether oxygens (including phenoxy) is 2. The van der Waals surface area contributed by atoms with E-state index < -0.39 is 19.2 Å². The van der Waals surface area contributed by atoms with Gasteiger partial charge in [0.15, 0.2) is 13.3 Å². The molecule has 0 aromatic heterocycles. The average Bonchev–Trinajstić information content (AvgIpc) is 2.61. The van der Waals surface area contributed by atoms with Crippen LogP contribution in [-0.4, -0.2) is 25.8 Å². The molecule has 2 aromatic carbocycles. The van der Waals surface area contributed by atoms with Crippen molar-refractivity contribution in [1.29, 1.82) is 0 Å². The largest absolute Gasteiger partial charge is 0.496 e. The molecule has 0 spiro atoms. The Morgan fingerprint density at radius 1 is 0.840 bits per heavy atom. The van der Waals surface area contributed by atoms with Crippen LogP contribution >= 0.6 is 0 Å². The monoisotopic (exact) mass is 521 g/mol. The molecular weight excluding hydrogens is 501 g/mol. The summed E-state index contributed by atoms with van der Waals surface area (Å²) in [5.41, 5.74) is 2.13. The van der Waals surface area contributed by atoms with E-state index in [1.54, 1.807) is 24.3 Å². The molecule has 0 saturated carbocycles. The van der Waals surface area contributed by atoms with E-state index in [9.17, 15) is 13.2 Å². The van der Waals surface area contributed by atoms with Crippen LogP contribution in [0.5, 0.6) is 11.5 Å². The van der Waals surface area contributed by atoms with Gasteiger partial charge in [-0.2, -0.15) is 8.78 Å². The minimum Gasteiger partial charge on any atom is -0.496 e. The fourth-order valence-corrected chi connectivity index (χ4v) is 2.06. The minimum atomic E-state index is -3.45. The van der Waals surface area contributed by atoms with Gasteiger partial charge in [-0.3, -0.25) is 0 Å². The van der Waals surface area contributed by atoms with Gasteiger partial charge in [-0.15, -0.1) is 6.42 Å². The Bertz CT molecular complexity index is 616. The molecule has 0 unspecified atom stereocenters. The normalized spacial score (nSPS) is 10.9. The van der Waals surface area contributed by atoms with E-state index in [4.69, 9.17) is 9.47 Å². The molecule has 136 valence electrons. The third-order valence-corrected chi connectivity index (χ3v) is 3.31. The summed E-state index contributed by atoms with van der Waals surface area (Å²) in [6, 6.07) is 14.6. The van der Waals surface area contributed by atoms with Crippen LogP contribution in [0.4, 0.5) is 13.2 Å². The van der Waals surface area contributed by atoms with Crippen LogP contribution in [0, 0.1) is 6.92 Å². The zero-order valence-corrected chi connectivity index (χ0v) is 16.7.